The minimum absolute atomic E-state index is 0.0107. The highest BCUT2D eigenvalue weighted by Crippen LogP contribution is 2.29. The number of methoxy groups -OCH3 is 1. The van der Waals surface area contributed by atoms with Crippen LogP contribution in [0.5, 0.6) is 5.75 Å². The normalized spacial score (nSPS) is 10.3. The fourth-order valence-corrected chi connectivity index (χ4v) is 2.12. The summed E-state index contributed by atoms with van der Waals surface area (Å²) in [5.41, 5.74) is 5.93. The second-order valence-electron chi connectivity index (χ2n) is 4.15. The first-order chi connectivity index (χ1) is 9.92. The van der Waals surface area contributed by atoms with Crippen molar-refractivity contribution in [2.45, 2.75) is 0 Å². The van der Waals surface area contributed by atoms with E-state index >= 15 is 0 Å². The van der Waals surface area contributed by atoms with Crippen molar-refractivity contribution in [2.75, 3.05) is 18.2 Å². The van der Waals surface area contributed by atoms with E-state index in [0.717, 1.165) is 0 Å². The Morgan fingerprint density at radius 3 is 2.43 bits per heavy atom. The van der Waals surface area contributed by atoms with Crippen LogP contribution in [0.1, 0.15) is 10.4 Å². The Balaban J connectivity index is 2.30. The third-order valence-corrected chi connectivity index (χ3v) is 3.39. The molecule has 0 unspecified atom stereocenters. The lowest BCUT2D eigenvalue weighted by Crippen LogP contribution is -2.13. The maximum absolute atomic E-state index is 13.7. The van der Waals surface area contributed by atoms with Crippen molar-refractivity contribution < 1.29 is 13.9 Å². The molecule has 110 valence electrons. The quantitative estimate of drug-likeness (QED) is 0.837. The molecule has 0 aliphatic carbocycles. The average Bonchev–Trinajstić information content (AvgIpc) is 2.46. The summed E-state index contributed by atoms with van der Waals surface area (Å²) in [4.78, 5) is 12.1. The van der Waals surface area contributed by atoms with Crippen molar-refractivity contribution in [1.29, 1.82) is 0 Å². The molecule has 0 aliphatic rings. The van der Waals surface area contributed by atoms with Gasteiger partial charge in [-0.1, -0.05) is 23.2 Å². The Kier molecular flexibility index (Phi) is 4.55. The van der Waals surface area contributed by atoms with Crippen LogP contribution in [0.3, 0.4) is 0 Å². The summed E-state index contributed by atoms with van der Waals surface area (Å²) in [6, 6.07) is 6.72. The molecule has 2 aromatic rings. The minimum atomic E-state index is -0.586. The maximum Gasteiger partial charge on any atom is 0.255 e. The highest BCUT2D eigenvalue weighted by atomic mass is 35.5. The first-order valence-corrected chi connectivity index (χ1v) is 6.57. The van der Waals surface area contributed by atoms with E-state index in [1.807, 2.05) is 0 Å². The van der Waals surface area contributed by atoms with Crippen molar-refractivity contribution in [2.24, 2.45) is 0 Å². The summed E-state index contributed by atoms with van der Waals surface area (Å²) in [6.45, 7) is 0. The standard InChI is InChI=1S/C14H11Cl2FN2O2/c1-21-8-2-3-11(17)12(6-8)19-14(20)7-4-9(15)13(18)10(16)5-7/h2-6H,18H2,1H3,(H,19,20). The van der Waals surface area contributed by atoms with Gasteiger partial charge in [0, 0.05) is 11.6 Å². The molecule has 0 heterocycles. The number of benzene rings is 2. The number of nitrogens with one attached hydrogen (secondary N) is 1. The van der Waals surface area contributed by atoms with E-state index in [1.54, 1.807) is 0 Å². The second kappa shape index (κ2) is 6.20. The lowest BCUT2D eigenvalue weighted by molar-refractivity contribution is 0.102. The van der Waals surface area contributed by atoms with Gasteiger partial charge in [-0.15, -0.1) is 0 Å². The van der Waals surface area contributed by atoms with Crippen LogP contribution >= 0.6 is 23.2 Å². The average molecular weight is 329 g/mol. The fourth-order valence-electron chi connectivity index (χ4n) is 1.64. The van der Waals surface area contributed by atoms with Gasteiger partial charge in [0.1, 0.15) is 11.6 Å². The molecule has 0 aliphatic heterocycles. The topological polar surface area (TPSA) is 64.3 Å². The summed E-state index contributed by atoms with van der Waals surface area (Å²) in [7, 11) is 1.44. The molecule has 4 nitrogen and oxygen atoms in total. The molecular weight excluding hydrogens is 318 g/mol. The zero-order chi connectivity index (χ0) is 15.6. The maximum atomic E-state index is 13.7. The Labute approximate surface area is 130 Å². The summed E-state index contributed by atoms with van der Waals surface area (Å²) in [5.74, 6) is -0.734. The first-order valence-electron chi connectivity index (χ1n) is 5.81. The first kappa shape index (κ1) is 15.4. The largest absolute Gasteiger partial charge is 0.497 e. The van der Waals surface area contributed by atoms with Crippen LogP contribution in [0.25, 0.3) is 0 Å². The third kappa shape index (κ3) is 3.37. The molecule has 0 radical (unpaired) electrons. The SMILES string of the molecule is COc1ccc(F)c(NC(=O)c2cc(Cl)c(N)c(Cl)c2)c1. The van der Waals surface area contributed by atoms with Crippen molar-refractivity contribution >= 4 is 40.5 Å². The fraction of sp³-hybridized carbons (Fsp3) is 0.0714. The van der Waals surface area contributed by atoms with Crippen LogP contribution < -0.4 is 15.8 Å². The number of rotatable bonds is 3. The van der Waals surface area contributed by atoms with Gasteiger partial charge < -0.3 is 15.8 Å². The van der Waals surface area contributed by atoms with Crippen LogP contribution in [0, 0.1) is 5.82 Å². The predicted octanol–water partition coefficient (Wildman–Crippen LogP) is 3.98. The van der Waals surface area contributed by atoms with E-state index in [1.165, 1.54) is 37.4 Å². The predicted molar refractivity (Wildman–Crippen MR) is 81.8 cm³/mol. The number of halogens is 3. The van der Waals surface area contributed by atoms with E-state index < -0.39 is 11.7 Å². The molecule has 7 heteroatoms. The number of nitrogens with two attached hydrogens (primary N) is 1. The Morgan fingerprint density at radius 1 is 1.24 bits per heavy atom. The molecule has 0 atom stereocenters. The highest BCUT2D eigenvalue weighted by molar-refractivity contribution is 6.39. The lowest BCUT2D eigenvalue weighted by atomic mass is 10.2. The van der Waals surface area contributed by atoms with Crippen LogP contribution in [-0.2, 0) is 0 Å². The molecular formula is C14H11Cl2FN2O2. The number of amides is 1. The number of ether oxygens (including phenoxy) is 1. The Morgan fingerprint density at radius 2 is 1.86 bits per heavy atom. The van der Waals surface area contributed by atoms with Gasteiger partial charge in [-0.3, -0.25) is 4.79 Å². The zero-order valence-corrected chi connectivity index (χ0v) is 12.4. The molecule has 2 aromatic carbocycles. The van der Waals surface area contributed by atoms with Gasteiger partial charge in [-0.05, 0) is 24.3 Å². The lowest BCUT2D eigenvalue weighted by Gasteiger charge is -2.10. The smallest absolute Gasteiger partial charge is 0.255 e. The molecule has 2 rings (SSSR count). The summed E-state index contributed by atoms with van der Waals surface area (Å²) in [6.07, 6.45) is 0. The Bertz CT molecular complexity index is 684. The highest BCUT2D eigenvalue weighted by Gasteiger charge is 2.13. The molecule has 1 amide bonds. The zero-order valence-electron chi connectivity index (χ0n) is 10.9. The van der Waals surface area contributed by atoms with Crippen LogP contribution in [0.2, 0.25) is 10.0 Å². The van der Waals surface area contributed by atoms with Crippen LogP contribution in [-0.4, -0.2) is 13.0 Å². The Hall–Kier alpha value is -1.98. The molecule has 21 heavy (non-hydrogen) atoms. The van der Waals surface area contributed by atoms with Gasteiger partial charge in [-0.25, -0.2) is 4.39 Å². The van der Waals surface area contributed by atoms with Gasteiger partial charge in [0.2, 0.25) is 0 Å². The number of anilines is 2. The number of carbonyl (C=O) groups excluding carboxylic acids is 1. The number of nitrogen functional groups attached to an aromatic ring is 1. The van der Waals surface area contributed by atoms with Crippen molar-refractivity contribution in [3.8, 4) is 5.75 Å². The number of hydrogen-bond acceptors (Lipinski definition) is 3. The molecule has 0 aromatic heterocycles. The van der Waals surface area contributed by atoms with Crippen molar-refractivity contribution in [3.63, 3.8) is 0 Å². The second-order valence-corrected chi connectivity index (χ2v) is 4.97. The molecule has 0 bridgehead atoms. The van der Waals surface area contributed by atoms with Gasteiger partial charge in [0.25, 0.3) is 5.91 Å². The van der Waals surface area contributed by atoms with Gasteiger partial charge in [0.05, 0.1) is 28.5 Å². The minimum Gasteiger partial charge on any atom is -0.497 e. The van der Waals surface area contributed by atoms with E-state index in [4.69, 9.17) is 33.7 Å². The van der Waals surface area contributed by atoms with Crippen molar-refractivity contribution in [1.82, 2.24) is 0 Å². The van der Waals surface area contributed by atoms with Gasteiger partial charge >= 0.3 is 0 Å². The van der Waals surface area contributed by atoms with E-state index in [2.05, 4.69) is 5.32 Å². The molecule has 0 spiro atoms. The summed E-state index contributed by atoms with van der Waals surface area (Å²) >= 11 is 11.7. The van der Waals surface area contributed by atoms with E-state index in [0.29, 0.717) is 5.75 Å². The van der Waals surface area contributed by atoms with Crippen LogP contribution in [0.4, 0.5) is 15.8 Å². The number of carbonyl (C=O) groups is 1. The monoisotopic (exact) mass is 328 g/mol. The summed E-state index contributed by atoms with van der Waals surface area (Å²) in [5, 5.41) is 2.73. The summed E-state index contributed by atoms with van der Waals surface area (Å²) < 4.78 is 18.6. The van der Waals surface area contributed by atoms with Crippen molar-refractivity contribution in [3.05, 3.63) is 51.8 Å². The molecule has 0 saturated carbocycles. The molecule has 3 N–H and O–H groups in total. The van der Waals surface area contributed by atoms with E-state index in [-0.39, 0.29) is 27.0 Å². The van der Waals surface area contributed by atoms with Gasteiger partial charge in [-0.2, -0.15) is 0 Å². The van der Waals surface area contributed by atoms with Crippen LogP contribution in [0.15, 0.2) is 30.3 Å². The molecule has 0 fully saturated rings. The molecule has 0 saturated heterocycles. The van der Waals surface area contributed by atoms with E-state index in [9.17, 15) is 9.18 Å². The number of hydrogen-bond donors (Lipinski definition) is 2. The third-order valence-electron chi connectivity index (χ3n) is 2.76. The van der Waals surface area contributed by atoms with Gasteiger partial charge in [0.15, 0.2) is 0 Å².